The van der Waals surface area contributed by atoms with Crippen molar-refractivity contribution in [3.8, 4) is 0 Å². The largest absolute Gasteiger partial charge is 0.476 e. The molecule has 0 aliphatic rings. The van der Waals surface area contributed by atoms with E-state index in [1.165, 1.54) is 6.20 Å². The zero-order valence-electron chi connectivity index (χ0n) is 11.2. The number of aromatic nitrogens is 2. The minimum atomic E-state index is -1.16. The van der Waals surface area contributed by atoms with Crippen LogP contribution in [-0.2, 0) is 0 Å². The van der Waals surface area contributed by atoms with Gasteiger partial charge >= 0.3 is 5.97 Å². The Kier molecular flexibility index (Phi) is 5.41. The summed E-state index contributed by atoms with van der Waals surface area (Å²) in [6, 6.07) is 0. The summed E-state index contributed by atoms with van der Waals surface area (Å²) < 4.78 is 0. The fourth-order valence-electron chi connectivity index (χ4n) is 1.90. The Bertz CT molecular complexity index is 474. The molecular formula is C13H19N3O3. The van der Waals surface area contributed by atoms with Gasteiger partial charge in [0.1, 0.15) is 0 Å². The van der Waals surface area contributed by atoms with E-state index in [-0.39, 0.29) is 17.4 Å². The Hall–Kier alpha value is -1.98. The number of hydrogen-bond acceptors (Lipinski definition) is 4. The van der Waals surface area contributed by atoms with Crippen LogP contribution in [0.25, 0.3) is 0 Å². The first kappa shape index (κ1) is 15.1. The number of carboxylic acids is 1. The third-order valence-electron chi connectivity index (χ3n) is 3.01. The van der Waals surface area contributed by atoms with E-state index in [1.807, 2.05) is 6.92 Å². The van der Waals surface area contributed by atoms with Crippen LogP contribution in [0.4, 0.5) is 0 Å². The SMILES string of the molecule is CCCCCC(C)c1cnc(C(N)=O)nc1C(=O)O. The molecule has 1 unspecified atom stereocenters. The van der Waals surface area contributed by atoms with Crippen LogP contribution in [0.3, 0.4) is 0 Å². The molecule has 0 saturated carbocycles. The molecule has 6 heteroatoms. The van der Waals surface area contributed by atoms with E-state index in [2.05, 4.69) is 16.9 Å². The lowest BCUT2D eigenvalue weighted by Crippen LogP contribution is -2.19. The number of nitrogens with zero attached hydrogens (tertiary/aromatic N) is 2. The summed E-state index contributed by atoms with van der Waals surface area (Å²) in [5.74, 6) is -2.21. The van der Waals surface area contributed by atoms with Crippen molar-refractivity contribution in [1.82, 2.24) is 9.97 Å². The van der Waals surface area contributed by atoms with Crippen molar-refractivity contribution in [2.24, 2.45) is 5.73 Å². The standard InChI is InChI=1S/C13H19N3O3/c1-3-4-5-6-8(2)9-7-15-12(11(14)17)16-10(9)13(18)19/h7-8H,3-6H2,1-2H3,(H2,14,17)(H,18,19). The lowest BCUT2D eigenvalue weighted by Gasteiger charge is -2.13. The topological polar surface area (TPSA) is 106 Å². The van der Waals surface area contributed by atoms with E-state index in [4.69, 9.17) is 10.8 Å². The van der Waals surface area contributed by atoms with Crippen LogP contribution in [0, 0.1) is 0 Å². The molecule has 6 nitrogen and oxygen atoms in total. The number of rotatable bonds is 7. The molecule has 1 rings (SSSR count). The molecule has 1 heterocycles. The number of carbonyl (C=O) groups excluding carboxylic acids is 1. The van der Waals surface area contributed by atoms with Crippen molar-refractivity contribution < 1.29 is 14.7 Å². The van der Waals surface area contributed by atoms with E-state index in [0.717, 1.165) is 25.7 Å². The van der Waals surface area contributed by atoms with Gasteiger partial charge in [0.05, 0.1) is 0 Å². The minimum absolute atomic E-state index is 0.0413. The second-order valence-corrected chi connectivity index (χ2v) is 4.56. The van der Waals surface area contributed by atoms with Gasteiger partial charge in [-0.15, -0.1) is 0 Å². The van der Waals surface area contributed by atoms with Gasteiger partial charge in [-0.25, -0.2) is 14.8 Å². The molecule has 1 aromatic heterocycles. The van der Waals surface area contributed by atoms with Gasteiger partial charge in [0, 0.05) is 11.8 Å². The van der Waals surface area contributed by atoms with Gasteiger partial charge in [-0.2, -0.15) is 0 Å². The van der Waals surface area contributed by atoms with Crippen molar-refractivity contribution in [3.05, 3.63) is 23.3 Å². The van der Waals surface area contributed by atoms with Crippen LogP contribution >= 0.6 is 0 Å². The van der Waals surface area contributed by atoms with Crippen LogP contribution in [0.2, 0.25) is 0 Å². The molecule has 0 radical (unpaired) electrons. The van der Waals surface area contributed by atoms with E-state index < -0.39 is 11.9 Å². The normalized spacial score (nSPS) is 12.1. The summed E-state index contributed by atoms with van der Waals surface area (Å²) in [6.45, 7) is 4.04. The second-order valence-electron chi connectivity index (χ2n) is 4.56. The molecule has 0 spiro atoms. The molecule has 0 fully saturated rings. The highest BCUT2D eigenvalue weighted by molar-refractivity contribution is 5.92. The number of hydrogen-bond donors (Lipinski definition) is 2. The highest BCUT2D eigenvalue weighted by Crippen LogP contribution is 2.23. The Morgan fingerprint density at radius 2 is 2.11 bits per heavy atom. The first-order valence-corrected chi connectivity index (χ1v) is 6.37. The first-order chi connectivity index (χ1) is 8.97. The Morgan fingerprint density at radius 3 is 2.63 bits per heavy atom. The second kappa shape index (κ2) is 6.82. The molecule has 0 aliphatic heterocycles. The van der Waals surface area contributed by atoms with E-state index in [1.54, 1.807) is 0 Å². The number of carboxylic acid groups (broad SMARTS) is 1. The number of amides is 1. The van der Waals surface area contributed by atoms with Crippen LogP contribution < -0.4 is 5.73 Å². The van der Waals surface area contributed by atoms with Crippen LogP contribution in [0.5, 0.6) is 0 Å². The third-order valence-corrected chi connectivity index (χ3v) is 3.01. The van der Waals surface area contributed by atoms with Crippen molar-refractivity contribution in [3.63, 3.8) is 0 Å². The van der Waals surface area contributed by atoms with Crippen molar-refractivity contribution in [1.29, 1.82) is 0 Å². The van der Waals surface area contributed by atoms with E-state index in [0.29, 0.717) is 5.56 Å². The Labute approximate surface area is 112 Å². The lowest BCUT2D eigenvalue weighted by molar-refractivity contribution is 0.0688. The van der Waals surface area contributed by atoms with Gasteiger partial charge in [0.2, 0.25) is 5.82 Å². The molecular weight excluding hydrogens is 246 g/mol. The minimum Gasteiger partial charge on any atom is -0.476 e. The van der Waals surface area contributed by atoms with Crippen LogP contribution in [0.1, 0.15) is 72.1 Å². The summed E-state index contributed by atoms with van der Waals surface area (Å²) >= 11 is 0. The molecule has 104 valence electrons. The molecule has 0 bridgehead atoms. The smallest absolute Gasteiger partial charge is 0.354 e. The van der Waals surface area contributed by atoms with Crippen molar-refractivity contribution in [2.45, 2.75) is 45.4 Å². The predicted octanol–water partition coefficient (Wildman–Crippen LogP) is 1.96. The molecule has 0 aliphatic carbocycles. The van der Waals surface area contributed by atoms with Crippen LogP contribution in [0.15, 0.2) is 6.20 Å². The summed E-state index contributed by atoms with van der Waals surface area (Å²) in [5, 5.41) is 9.15. The number of primary amides is 1. The van der Waals surface area contributed by atoms with Gasteiger partial charge in [-0.1, -0.05) is 33.1 Å². The fraction of sp³-hybridized carbons (Fsp3) is 0.538. The quantitative estimate of drug-likeness (QED) is 0.733. The zero-order valence-corrected chi connectivity index (χ0v) is 11.2. The van der Waals surface area contributed by atoms with Crippen molar-refractivity contribution >= 4 is 11.9 Å². The Morgan fingerprint density at radius 1 is 1.42 bits per heavy atom. The van der Waals surface area contributed by atoms with E-state index >= 15 is 0 Å². The summed E-state index contributed by atoms with van der Waals surface area (Å²) in [6.07, 6.45) is 5.50. The molecule has 3 N–H and O–H groups in total. The maximum Gasteiger partial charge on any atom is 0.354 e. The van der Waals surface area contributed by atoms with Gasteiger partial charge in [-0.05, 0) is 12.3 Å². The number of unbranched alkanes of at least 4 members (excludes halogenated alkanes) is 2. The molecule has 1 atom stereocenters. The zero-order chi connectivity index (χ0) is 14.4. The summed E-state index contributed by atoms with van der Waals surface area (Å²) in [4.78, 5) is 29.7. The lowest BCUT2D eigenvalue weighted by atomic mass is 9.95. The Balaban J connectivity index is 2.99. The van der Waals surface area contributed by atoms with Gasteiger partial charge in [-0.3, -0.25) is 4.79 Å². The first-order valence-electron chi connectivity index (χ1n) is 6.37. The van der Waals surface area contributed by atoms with Crippen LogP contribution in [-0.4, -0.2) is 27.0 Å². The number of nitrogens with two attached hydrogens (primary N) is 1. The highest BCUT2D eigenvalue weighted by Gasteiger charge is 2.20. The molecule has 1 amide bonds. The van der Waals surface area contributed by atoms with Gasteiger partial charge < -0.3 is 10.8 Å². The van der Waals surface area contributed by atoms with Gasteiger partial charge in [0.25, 0.3) is 5.91 Å². The highest BCUT2D eigenvalue weighted by atomic mass is 16.4. The van der Waals surface area contributed by atoms with Gasteiger partial charge in [0.15, 0.2) is 5.69 Å². The third kappa shape index (κ3) is 4.01. The average Bonchev–Trinajstić information content (AvgIpc) is 2.38. The summed E-state index contributed by atoms with van der Waals surface area (Å²) in [7, 11) is 0. The molecule has 19 heavy (non-hydrogen) atoms. The molecule has 0 saturated heterocycles. The maximum absolute atomic E-state index is 11.2. The number of aromatic carboxylic acids is 1. The molecule has 0 aromatic carbocycles. The average molecular weight is 265 g/mol. The van der Waals surface area contributed by atoms with Crippen molar-refractivity contribution in [2.75, 3.05) is 0 Å². The monoisotopic (exact) mass is 265 g/mol. The van der Waals surface area contributed by atoms with E-state index in [9.17, 15) is 9.59 Å². The molecule has 1 aromatic rings. The number of carbonyl (C=O) groups is 2. The predicted molar refractivity (Wildman–Crippen MR) is 70.1 cm³/mol. The maximum atomic E-state index is 11.2. The fourth-order valence-corrected chi connectivity index (χ4v) is 1.90. The summed E-state index contributed by atoms with van der Waals surface area (Å²) in [5.41, 5.74) is 5.47.